The first-order valence-corrected chi connectivity index (χ1v) is 7.99. The summed E-state index contributed by atoms with van der Waals surface area (Å²) >= 11 is 1.72. The number of fused-ring (bicyclic) bond motifs is 1. The number of thiazole rings is 1. The van der Waals surface area contributed by atoms with Gasteiger partial charge in [-0.1, -0.05) is 30.3 Å². The van der Waals surface area contributed by atoms with Crippen molar-refractivity contribution in [3.63, 3.8) is 0 Å². The topological polar surface area (TPSA) is 34.0 Å². The van der Waals surface area contributed by atoms with Crippen molar-refractivity contribution < 1.29 is 0 Å². The van der Waals surface area contributed by atoms with Crippen molar-refractivity contribution >= 4 is 11.3 Å². The molecule has 0 saturated heterocycles. The van der Waals surface area contributed by atoms with E-state index < -0.39 is 0 Å². The zero-order chi connectivity index (χ0) is 14.1. The highest BCUT2D eigenvalue weighted by Crippen LogP contribution is 2.24. The molecule has 0 atom stereocenters. The molecule has 0 bridgehead atoms. The molecular weight excluding hydrogens is 280 g/mol. The fourth-order valence-electron chi connectivity index (χ4n) is 2.68. The molecule has 0 spiro atoms. The molecule has 4 nitrogen and oxygen atoms in total. The van der Waals surface area contributed by atoms with Gasteiger partial charge in [0.2, 0.25) is 0 Å². The molecule has 3 heterocycles. The molecule has 1 aromatic carbocycles. The van der Waals surface area contributed by atoms with E-state index in [1.54, 1.807) is 11.3 Å². The lowest BCUT2D eigenvalue weighted by molar-refractivity contribution is 0.207. The van der Waals surface area contributed by atoms with Crippen molar-refractivity contribution in [1.29, 1.82) is 0 Å². The van der Waals surface area contributed by atoms with Crippen LogP contribution in [0.25, 0.3) is 10.6 Å². The first-order chi connectivity index (χ1) is 10.4. The van der Waals surface area contributed by atoms with Crippen molar-refractivity contribution in [1.82, 2.24) is 19.4 Å². The summed E-state index contributed by atoms with van der Waals surface area (Å²) in [5.41, 5.74) is 2.35. The van der Waals surface area contributed by atoms with Crippen molar-refractivity contribution in [3.8, 4) is 10.6 Å². The standard InChI is InChI=1S/C16H16N4S/c1-2-4-13(5-3-1)16-18-14(12-21-16)10-19-8-9-20-7-6-17-15(20)11-19/h1-7,12H,8-11H2. The maximum atomic E-state index is 4.77. The highest BCUT2D eigenvalue weighted by Gasteiger charge is 2.17. The highest BCUT2D eigenvalue weighted by atomic mass is 32.1. The molecule has 1 aliphatic rings. The lowest BCUT2D eigenvalue weighted by Gasteiger charge is -2.26. The van der Waals surface area contributed by atoms with Crippen LogP contribution in [0.5, 0.6) is 0 Å². The number of hydrogen-bond acceptors (Lipinski definition) is 4. The molecule has 21 heavy (non-hydrogen) atoms. The monoisotopic (exact) mass is 296 g/mol. The van der Waals surface area contributed by atoms with E-state index in [0.717, 1.165) is 42.7 Å². The minimum atomic E-state index is 0.899. The quantitative estimate of drug-likeness (QED) is 0.745. The van der Waals surface area contributed by atoms with Gasteiger partial charge in [-0.05, 0) is 0 Å². The van der Waals surface area contributed by atoms with Gasteiger partial charge in [-0.15, -0.1) is 11.3 Å². The van der Waals surface area contributed by atoms with E-state index in [1.807, 2.05) is 12.3 Å². The molecule has 0 radical (unpaired) electrons. The molecule has 5 heteroatoms. The molecule has 0 saturated carbocycles. The Bertz CT molecular complexity index is 732. The van der Waals surface area contributed by atoms with Crippen LogP contribution >= 0.6 is 11.3 Å². The molecular formula is C16H16N4S. The van der Waals surface area contributed by atoms with Crippen LogP contribution in [0.1, 0.15) is 11.5 Å². The van der Waals surface area contributed by atoms with Crippen LogP contribution in [0.15, 0.2) is 48.1 Å². The zero-order valence-electron chi connectivity index (χ0n) is 11.6. The lowest BCUT2D eigenvalue weighted by atomic mass is 10.2. The number of hydrogen-bond donors (Lipinski definition) is 0. The van der Waals surface area contributed by atoms with Gasteiger partial charge >= 0.3 is 0 Å². The molecule has 1 aliphatic heterocycles. The molecule has 0 amide bonds. The van der Waals surface area contributed by atoms with Crippen LogP contribution in [0.2, 0.25) is 0 Å². The van der Waals surface area contributed by atoms with Crippen molar-refractivity contribution in [2.45, 2.75) is 19.6 Å². The van der Waals surface area contributed by atoms with Crippen LogP contribution in [-0.2, 0) is 19.6 Å². The van der Waals surface area contributed by atoms with Crippen molar-refractivity contribution in [2.75, 3.05) is 6.54 Å². The van der Waals surface area contributed by atoms with Crippen molar-refractivity contribution in [3.05, 3.63) is 59.6 Å². The largest absolute Gasteiger partial charge is 0.333 e. The number of benzene rings is 1. The van der Waals surface area contributed by atoms with E-state index in [1.165, 1.54) is 5.56 Å². The Morgan fingerprint density at radius 3 is 2.95 bits per heavy atom. The zero-order valence-corrected chi connectivity index (χ0v) is 12.5. The third-order valence-corrected chi connectivity index (χ3v) is 4.72. The van der Waals surface area contributed by atoms with Gasteiger partial charge in [-0.2, -0.15) is 0 Å². The van der Waals surface area contributed by atoms with E-state index in [0.29, 0.717) is 0 Å². The minimum Gasteiger partial charge on any atom is -0.333 e. The van der Waals surface area contributed by atoms with Crippen LogP contribution in [0, 0.1) is 0 Å². The Kier molecular flexibility index (Phi) is 3.29. The Balaban J connectivity index is 1.48. The minimum absolute atomic E-state index is 0.899. The summed E-state index contributed by atoms with van der Waals surface area (Å²) in [6.07, 6.45) is 3.94. The Hall–Kier alpha value is -1.98. The summed E-state index contributed by atoms with van der Waals surface area (Å²) in [4.78, 5) is 11.6. The molecule has 0 N–H and O–H groups in total. The Labute approximate surface area is 127 Å². The Morgan fingerprint density at radius 1 is 1.14 bits per heavy atom. The number of imidazole rings is 1. The average molecular weight is 296 g/mol. The maximum Gasteiger partial charge on any atom is 0.123 e. The second-order valence-corrected chi connectivity index (χ2v) is 6.12. The lowest BCUT2D eigenvalue weighted by Crippen LogP contribution is -2.33. The molecule has 4 rings (SSSR count). The first kappa shape index (κ1) is 12.7. The van der Waals surface area contributed by atoms with E-state index >= 15 is 0 Å². The van der Waals surface area contributed by atoms with Gasteiger partial charge < -0.3 is 4.57 Å². The summed E-state index contributed by atoms with van der Waals surface area (Å²) in [6.45, 7) is 3.88. The highest BCUT2D eigenvalue weighted by molar-refractivity contribution is 7.13. The number of nitrogens with zero attached hydrogens (tertiary/aromatic N) is 4. The second-order valence-electron chi connectivity index (χ2n) is 5.26. The summed E-state index contributed by atoms with van der Waals surface area (Å²) in [7, 11) is 0. The van der Waals surface area contributed by atoms with Crippen LogP contribution in [0.4, 0.5) is 0 Å². The predicted molar refractivity (Wildman–Crippen MR) is 83.9 cm³/mol. The van der Waals surface area contributed by atoms with Crippen LogP contribution in [0.3, 0.4) is 0 Å². The van der Waals surface area contributed by atoms with Gasteiger partial charge in [0.15, 0.2) is 0 Å². The SMILES string of the molecule is c1ccc(-c2nc(CN3CCn4ccnc4C3)cs2)cc1. The van der Waals surface area contributed by atoms with Crippen molar-refractivity contribution in [2.24, 2.45) is 0 Å². The Morgan fingerprint density at radius 2 is 2.05 bits per heavy atom. The van der Waals surface area contributed by atoms with Gasteiger partial charge in [-0.3, -0.25) is 4.90 Å². The number of aromatic nitrogens is 3. The third kappa shape index (κ3) is 2.62. The normalized spacial score (nSPS) is 15.0. The maximum absolute atomic E-state index is 4.77. The van der Waals surface area contributed by atoms with E-state index in [9.17, 15) is 0 Å². The predicted octanol–water partition coefficient (Wildman–Crippen LogP) is 3.02. The van der Waals surface area contributed by atoms with Gasteiger partial charge in [0.1, 0.15) is 10.8 Å². The molecule has 0 unspecified atom stereocenters. The summed E-state index contributed by atoms with van der Waals surface area (Å²) in [5, 5.41) is 3.27. The van der Waals surface area contributed by atoms with Gasteiger partial charge in [0.05, 0.1) is 12.2 Å². The van der Waals surface area contributed by atoms with E-state index in [4.69, 9.17) is 4.98 Å². The van der Waals surface area contributed by atoms with E-state index in [-0.39, 0.29) is 0 Å². The second kappa shape index (κ2) is 5.42. The van der Waals surface area contributed by atoms with E-state index in [2.05, 4.69) is 50.3 Å². The smallest absolute Gasteiger partial charge is 0.123 e. The van der Waals surface area contributed by atoms with Gasteiger partial charge in [0, 0.05) is 43.0 Å². The molecule has 3 aromatic rings. The molecule has 0 aliphatic carbocycles. The third-order valence-electron chi connectivity index (χ3n) is 3.78. The molecule has 0 fully saturated rings. The summed E-state index contributed by atoms with van der Waals surface area (Å²) in [5.74, 6) is 1.15. The fraction of sp³-hybridized carbons (Fsp3) is 0.250. The first-order valence-electron chi connectivity index (χ1n) is 7.11. The number of rotatable bonds is 3. The molecule has 2 aromatic heterocycles. The van der Waals surface area contributed by atoms with Crippen LogP contribution in [-0.4, -0.2) is 26.0 Å². The van der Waals surface area contributed by atoms with Crippen LogP contribution < -0.4 is 0 Å². The summed E-state index contributed by atoms with van der Waals surface area (Å²) in [6, 6.07) is 10.4. The average Bonchev–Trinajstić information content (AvgIpc) is 3.17. The van der Waals surface area contributed by atoms with Gasteiger partial charge in [0.25, 0.3) is 0 Å². The molecule has 106 valence electrons. The van der Waals surface area contributed by atoms with Gasteiger partial charge in [-0.25, -0.2) is 9.97 Å². The summed E-state index contributed by atoms with van der Waals surface area (Å²) < 4.78 is 2.23. The fourth-order valence-corrected chi connectivity index (χ4v) is 3.50.